The van der Waals surface area contributed by atoms with Gasteiger partial charge in [0.2, 0.25) is 0 Å². The maximum Gasteiger partial charge on any atom is 0.255 e. The molecule has 7 nitrogen and oxygen atoms in total. The van der Waals surface area contributed by atoms with Gasteiger partial charge in [-0.3, -0.25) is 19.7 Å². The number of hydrogen-bond acceptors (Lipinski definition) is 6. The first-order chi connectivity index (χ1) is 16.1. The van der Waals surface area contributed by atoms with Crippen LogP contribution in [0.4, 0.5) is 4.39 Å². The fraction of sp³-hybridized carbons (Fsp3) is 0.200. The van der Waals surface area contributed by atoms with Gasteiger partial charge in [-0.1, -0.05) is 6.07 Å². The first kappa shape index (κ1) is 21.0. The number of aromatic amines is 1. The first-order valence-electron chi connectivity index (χ1n) is 10.6. The predicted octanol–water partition coefficient (Wildman–Crippen LogP) is 3.60. The third kappa shape index (κ3) is 4.38. The highest BCUT2D eigenvalue weighted by molar-refractivity contribution is 5.67. The van der Waals surface area contributed by atoms with Gasteiger partial charge in [0, 0.05) is 55.8 Å². The van der Waals surface area contributed by atoms with E-state index in [-0.39, 0.29) is 11.4 Å². The summed E-state index contributed by atoms with van der Waals surface area (Å²) >= 11 is 0. The monoisotopic (exact) mass is 443 g/mol. The van der Waals surface area contributed by atoms with Gasteiger partial charge >= 0.3 is 0 Å². The number of halogens is 1. The minimum absolute atomic E-state index is 0.116. The van der Waals surface area contributed by atoms with Crippen molar-refractivity contribution in [1.29, 1.82) is 0 Å². The van der Waals surface area contributed by atoms with E-state index in [0.29, 0.717) is 47.9 Å². The molecular weight excluding hydrogens is 421 g/mol. The van der Waals surface area contributed by atoms with Crippen LogP contribution in [0.25, 0.3) is 22.6 Å². The summed E-state index contributed by atoms with van der Waals surface area (Å²) in [7, 11) is 1.55. The van der Waals surface area contributed by atoms with Crippen LogP contribution in [0, 0.1) is 5.82 Å². The Labute approximate surface area is 190 Å². The van der Waals surface area contributed by atoms with Crippen LogP contribution in [0.3, 0.4) is 0 Å². The van der Waals surface area contributed by atoms with Gasteiger partial charge in [0.25, 0.3) is 5.56 Å². The molecule has 0 spiro atoms. The van der Waals surface area contributed by atoms with Gasteiger partial charge in [-0.05, 0) is 42.0 Å². The van der Waals surface area contributed by atoms with Crippen LogP contribution in [0.5, 0.6) is 5.75 Å². The van der Waals surface area contributed by atoms with Gasteiger partial charge in [-0.25, -0.2) is 9.37 Å². The molecule has 0 aliphatic carbocycles. The number of nitrogens with one attached hydrogen (secondary N) is 1. The summed E-state index contributed by atoms with van der Waals surface area (Å²) in [5.74, 6) is 0.781. The number of fused-ring (bicyclic) bond motifs is 1. The Hall–Kier alpha value is -3.91. The van der Waals surface area contributed by atoms with Crippen LogP contribution in [-0.4, -0.2) is 38.5 Å². The molecule has 0 fully saturated rings. The lowest BCUT2D eigenvalue weighted by Crippen LogP contribution is -2.35. The Bertz CT molecular complexity index is 1340. The van der Waals surface area contributed by atoms with E-state index in [1.54, 1.807) is 31.8 Å². The Morgan fingerprint density at radius 3 is 2.85 bits per heavy atom. The molecular formula is C25H22FN5O2. The molecule has 1 aliphatic heterocycles. The third-order valence-corrected chi connectivity index (χ3v) is 5.75. The Balaban J connectivity index is 1.32. The molecule has 4 aromatic rings. The number of aromatic nitrogens is 4. The fourth-order valence-electron chi connectivity index (χ4n) is 4.07. The molecule has 1 aromatic carbocycles. The van der Waals surface area contributed by atoms with Gasteiger partial charge in [-0.2, -0.15) is 0 Å². The molecule has 0 radical (unpaired) electrons. The molecule has 8 heteroatoms. The molecule has 1 aliphatic rings. The minimum Gasteiger partial charge on any atom is -0.496 e. The molecule has 0 atom stereocenters. The number of pyridine rings is 2. The lowest BCUT2D eigenvalue weighted by Gasteiger charge is -2.27. The number of ether oxygens (including phenoxy) is 1. The van der Waals surface area contributed by atoms with E-state index < -0.39 is 0 Å². The SMILES string of the molecule is COc1ccc(F)cc1-c1ccc(CN2CCc3nc(-c4cccnc4)[nH]c(=O)c3C2)cn1. The van der Waals surface area contributed by atoms with Crippen LogP contribution >= 0.6 is 0 Å². The van der Waals surface area contributed by atoms with E-state index >= 15 is 0 Å². The zero-order valence-corrected chi connectivity index (χ0v) is 18.1. The van der Waals surface area contributed by atoms with Crippen molar-refractivity contribution in [2.45, 2.75) is 19.5 Å². The normalized spacial score (nSPS) is 13.5. The molecule has 166 valence electrons. The predicted molar refractivity (Wildman–Crippen MR) is 122 cm³/mol. The van der Waals surface area contributed by atoms with Crippen molar-refractivity contribution in [2.75, 3.05) is 13.7 Å². The van der Waals surface area contributed by atoms with Crippen molar-refractivity contribution in [1.82, 2.24) is 24.8 Å². The molecule has 0 unspecified atom stereocenters. The molecule has 5 rings (SSSR count). The molecule has 1 N–H and O–H groups in total. The zero-order chi connectivity index (χ0) is 22.8. The standard InChI is InChI=1S/C25H22FN5O2/c1-33-23-7-5-18(26)11-19(23)21-6-4-16(12-28-21)14-31-10-8-22-20(15-31)25(32)30-24(29-22)17-3-2-9-27-13-17/h2-7,9,11-13H,8,10,14-15H2,1H3,(H,29,30,32). The largest absolute Gasteiger partial charge is 0.496 e. The van der Waals surface area contributed by atoms with Crippen LogP contribution in [-0.2, 0) is 19.5 Å². The zero-order valence-electron chi connectivity index (χ0n) is 18.1. The second-order valence-electron chi connectivity index (χ2n) is 7.94. The van der Waals surface area contributed by atoms with Crippen molar-refractivity contribution in [2.24, 2.45) is 0 Å². The molecule has 0 saturated carbocycles. The van der Waals surface area contributed by atoms with Crippen molar-refractivity contribution < 1.29 is 9.13 Å². The van der Waals surface area contributed by atoms with Crippen LogP contribution in [0.15, 0.2) is 65.8 Å². The van der Waals surface area contributed by atoms with Gasteiger partial charge < -0.3 is 9.72 Å². The number of benzene rings is 1. The second kappa shape index (κ2) is 8.91. The average Bonchev–Trinajstić information content (AvgIpc) is 2.85. The summed E-state index contributed by atoms with van der Waals surface area (Å²) < 4.78 is 19.0. The molecule has 0 bridgehead atoms. The number of rotatable bonds is 5. The highest BCUT2D eigenvalue weighted by atomic mass is 19.1. The molecule has 0 saturated heterocycles. The Morgan fingerprint density at radius 2 is 2.09 bits per heavy atom. The van der Waals surface area contributed by atoms with E-state index in [9.17, 15) is 9.18 Å². The van der Waals surface area contributed by atoms with Gasteiger partial charge in [0.15, 0.2) is 0 Å². The minimum atomic E-state index is -0.339. The van der Waals surface area contributed by atoms with Crippen molar-refractivity contribution in [3.63, 3.8) is 0 Å². The highest BCUT2D eigenvalue weighted by Crippen LogP contribution is 2.29. The van der Waals surface area contributed by atoms with E-state index in [2.05, 4.69) is 24.8 Å². The van der Waals surface area contributed by atoms with Crippen molar-refractivity contribution in [3.8, 4) is 28.4 Å². The van der Waals surface area contributed by atoms with Gasteiger partial charge in [0.1, 0.15) is 17.4 Å². The number of hydrogen-bond donors (Lipinski definition) is 1. The van der Waals surface area contributed by atoms with Crippen molar-refractivity contribution in [3.05, 3.63) is 94.0 Å². The number of nitrogens with zero attached hydrogens (tertiary/aromatic N) is 4. The Kier molecular flexibility index (Phi) is 5.66. The van der Waals surface area contributed by atoms with E-state index in [4.69, 9.17) is 4.74 Å². The first-order valence-corrected chi connectivity index (χ1v) is 10.6. The molecule has 4 heterocycles. The molecule has 3 aromatic heterocycles. The molecule has 33 heavy (non-hydrogen) atoms. The quantitative estimate of drug-likeness (QED) is 0.507. The van der Waals surface area contributed by atoms with E-state index in [1.807, 2.05) is 24.3 Å². The summed E-state index contributed by atoms with van der Waals surface area (Å²) in [5, 5.41) is 0. The summed E-state index contributed by atoms with van der Waals surface area (Å²) in [5.41, 5.74) is 4.47. The maximum absolute atomic E-state index is 13.7. The number of H-pyrrole nitrogens is 1. The second-order valence-corrected chi connectivity index (χ2v) is 7.94. The third-order valence-electron chi connectivity index (χ3n) is 5.75. The summed E-state index contributed by atoms with van der Waals surface area (Å²) in [6, 6.07) is 11.9. The Morgan fingerprint density at radius 1 is 1.18 bits per heavy atom. The van der Waals surface area contributed by atoms with Crippen LogP contribution < -0.4 is 10.3 Å². The highest BCUT2D eigenvalue weighted by Gasteiger charge is 2.22. The lowest BCUT2D eigenvalue weighted by atomic mass is 10.1. The summed E-state index contributed by atoms with van der Waals surface area (Å²) in [6.07, 6.45) is 5.85. The van der Waals surface area contributed by atoms with Crippen LogP contribution in [0.1, 0.15) is 16.8 Å². The smallest absolute Gasteiger partial charge is 0.255 e. The van der Waals surface area contributed by atoms with Crippen molar-refractivity contribution >= 4 is 0 Å². The van der Waals surface area contributed by atoms with Gasteiger partial charge in [-0.15, -0.1) is 0 Å². The topological polar surface area (TPSA) is 84.0 Å². The average molecular weight is 443 g/mol. The lowest BCUT2D eigenvalue weighted by molar-refractivity contribution is 0.241. The molecule has 0 amide bonds. The fourth-order valence-corrected chi connectivity index (χ4v) is 4.07. The summed E-state index contributed by atoms with van der Waals surface area (Å²) in [6.45, 7) is 1.96. The van der Waals surface area contributed by atoms with Gasteiger partial charge in [0.05, 0.1) is 24.1 Å². The van der Waals surface area contributed by atoms with E-state index in [1.165, 1.54) is 12.1 Å². The van der Waals surface area contributed by atoms with Crippen LogP contribution in [0.2, 0.25) is 0 Å². The van der Waals surface area contributed by atoms with E-state index in [0.717, 1.165) is 23.4 Å². The summed E-state index contributed by atoms with van der Waals surface area (Å²) in [4.78, 5) is 31.1. The maximum atomic E-state index is 13.7. The number of methoxy groups -OCH3 is 1.